The molecular weight excluding hydrogens is 256 g/mol. The number of aromatic nitrogens is 2. The molecule has 2 rings (SSSR count). The lowest BCUT2D eigenvalue weighted by Gasteiger charge is -2.17. The smallest absolute Gasteiger partial charge is 0.225 e. The molecule has 0 amide bonds. The van der Waals surface area contributed by atoms with Crippen LogP contribution in [0, 0.1) is 12.8 Å². The highest BCUT2D eigenvalue weighted by atomic mass is 32.1. The second kappa shape index (κ2) is 5.74. The fourth-order valence-electron chi connectivity index (χ4n) is 2.26. The summed E-state index contributed by atoms with van der Waals surface area (Å²) in [4.78, 5) is 11.4. The third-order valence-corrected chi connectivity index (χ3v) is 3.89. The molecule has 0 aliphatic heterocycles. The minimum atomic E-state index is 0.406. The maximum absolute atomic E-state index is 4.55. The van der Waals surface area contributed by atoms with Crippen LogP contribution in [0.1, 0.15) is 32.1 Å². The molecule has 0 bridgehead atoms. The normalized spacial score (nSPS) is 12.9. The third-order valence-electron chi connectivity index (χ3n) is 2.95. The summed E-state index contributed by atoms with van der Waals surface area (Å²) in [6.45, 7) is 8.78. The highest BCUT2D eigenvalue weighted by molar-refractivity contribution is 7.18. The van der Waals surface area contributed by atoms with E-state index >= 15 is 0 Å². The van der Waals surface area contributed by atoms with E-state index in [1.165, 1.54) is 4.88 Å². The van der Waals surface area contributed by atoms with Gasteiger partial charge in [0.2, 0.25) is 5.95 Å². The Labute approximate surface area is 118 Å². The first-order chi connectivity index (χ1) is 8.99. The van der Waals surface area contributed by atoms with Gasteiger partial charge in [0, 0.05) is 18.0 Å². The van der Waals surface area contributed by atoms with Gasteiger partial charge in [-0.25, -0.2) is 4.98 Å². The Morgan fingerprint density at radius 3 is 2.63 bits per heavy atom. The van der Waals surface area contributed by atoms with E-state index in [9.17, 15) is 0 Å². The van der Waals surface area contributed by atoms with Crippen LogP contribution in [-0.2, 0) is 0 Å². The van der Waals surface area contributed by atoms with Crippen molar-refractivity contribution < 1.29 is 0 Å². The van der Waals surface area contributed by atoms with E-state index in [2.05, 4.69) is 54.4 Å². The summed E-state index contributed by atoms with van der Waals surface area (Å²) in [5.74, 6) is 2.29. The number of thiophene rings is 1. The van der Waals surface area contributed by atoms with E-state index in [0.29, 0.717) is 17.9 Å². The Morgan fingerprint density at radius 1 is 1.26 bits per heavy atom. The molecule has 2 heterocycles. The zero-order valence-corrected chi connectivity index (χ0v) is 13.1. The lowest BCUT2D eigenvalue weighted by Crippen LogP contribution is -2.18. The lowest BCUT2D eigenvalue weighted by atomic mass is 10.1. The van der Waals surface area contributed by atoms with E-state index in [4.69, 9.17) is 0 Å². The van der Waals surface area contributed by atoms with Crippen LogP contribution >= 0.6 is 11.3 Å². The molecule has 5 heteroatoms. The fourth-order valence-corrected chi connectivity index (χ4v) is 3.14. The molecule has 1 atom stereocenters. The van der Waals surface area contributed by atoms with Gasteiger partial charge in [-0.2, -0.15) is 4.98 Å². The van der Waals surface area contributed by atoms with Gasteiger partial charge in [0.1, 0.15) is 10.6 Å². The quantitative estimate of drug-likeness (QED) is 0.871. The van der Waals surface area contributed by atoms with Gasteiger partial charge in [0.25, 0.3) is 0 Å². The van der Waals surface area contributed by atoms with Crippen molar-refractivity contribution in [1.29, 1.82) is 0 Å². The van der Waals surface area contributed by atoms with Crippen LogP contribution in [-0.4, -0.2) is 23.1 Å². The topological polar surface area (TPSA) is 49.8 Å². The third kappa shape index (κ3) is 3.35. The Morgan fingerprint density at radius 2 is 2.00 bits per heavy atom. The lowest BCUT2D eigenvalue weighted by molar-refractivity contribution is 0.539. The molecule has 0 radical (unpaired) electrons. The first-order valence-corrected chi connectivity index (χ1v) is 7.53. The van der Waals surface area contributed by atoms with Crippen LogP contribution in [0.2, 0.25) is 0 Å². The molecule has 0 fully saturated rings. The van der Waals surface area contributed by atoms with E-state index in [1.54, 1.807) is 11.3 Å². The van der Waals surface area contributed by atoms with E-state index in [-0.39, 0.29) is 0 Å². The SMILES string of the molecule is CNc1nc(NC(C)CC(C)C)c2cc(C)sc2n1. The fraction of sp³-hybridized carbons (Fsp3) is 0.571. The van der Waals surface area contributed by atoms with Crippen LogP contribution in [0.3, 0.4) is 0 Å². The van der Waals surface area contributed by atoms with Crippen LogP contribution in [0.4, 0.5) is 11.8 Å². The number of nitrogens with zero attached hydrogens (tertiary/aromatic N) is 2. The molecule has 0 aromatic carbocycles. The molecular formula is C14H22N4S. The summed E-state index contributed by atoms with van der Waals surface area (Å²) in [6.07, 6.45) is 1.13. The second-order valence-electron chi connectivity index (χ2n) is 5.40. The van der Waals surface area contributed by atoms with E-state index in [1.807, 2.05) is 7.05 Å². The summed E-state index contributed by atoms with van der Waals surface area (Å²) in [6, 6.07) is 2.56. The maximum atomic E-state index is 4.55. The van der Waals surface area contributed by atoms with Crippen molar-refractivity contribution in [2.75, 3.05) is 17.7 Å². The predicted molar refractivity (Wildman–Crippen MR) is 84.2 cm³/mol. The Kier molecular flexibility index (Phi) is 4.24. The summed E-state index contributed by atoms with van der Waals surface area (Å²) in [5, 5.41) is 7.67. The molecule has 0 saturated carbocycles. The number of aryl methyl sites for hydroxylation is 1. The number of nitrogens with one attached hydrogen (secondary N) is 2. The van der Waals surface area contributed by atoms with Gasteiger partial charge in [-0.15, -0.1) is 11.3 Å². The number of anilines is 2. The molecule has 104 valence electrons. The van der Waals surface area contributed by atoms with Crippen LogP contribution in [0.25, 0.3) is 10.2 Å². The largest absolute Gasteiger partial charge is 0.367 e. The van der Waals surface area contributed by atoms with Gasteiger partial charge in [0.05, 0.1) is 5.39 Å². The molecule has 2 aromatic rings. The number of hydrogen-bond donors (Lipinski definition) is 2. The van der Waals surface area contributed by atoms with Crippen molar-refractivity contribution in [2.24, 2.45) is 5.92 Å². The minimum Gasteiger partial charge on any atom is -0.367 e. The van der Waals surface area contributed by atoms with Crippen LogP contribution in [0.15, 0.2) is 6.07 Å². The highest BCUT2D eigenvalue weighted by Crippen LogP contribution is 2.30. The average molecular weight is 278 g/mol. The first kappa shape index (κ1) is 14.1. The molecule has 0 saturated heterocycles. The van der Waals surface area contributed by atoms with Crippen LogP contribution in [0.5, 0.6) is 0 Å². The molecule has 2 N–H and O–H groups in total. The summed E-state index contributed by atoms with van der Waals surface area (Å²) in [7, 11) is 1.85. The van der Waals surface area contributed by atoms with Crippen LogP contribution < -0.4 is 10.6 Å². The standard InChI is InChI=1S/C14H22N4S/c1-8(2)6-9(3)16-12-11-7-10(4)19-13(11)18-14(15-5)17-12/h7-9H,6H2,1-5H3,(H2,15,16,17,18). The Hall–Kier alpha value is -1.36. The van der Waals surface area contributed by atoms with Crippen molar-refractivity contribution in [1.82, 2.24) is 9.97 Å². The number of rotatable bonds is 5. The maximum Gasteiger partial charge on any atom is 0.225 e. The predicted octanol–water partition coefficient (Wildman–Crippen LogP) is 3.89. The van der Waals surface area contributed by atoms with Crippen molar-refractivity contribution in [2.45, 2.75) is 40.2 Å². The van der Waals surface area contributed by atoms with Crippen molar-refractivity contribution in [3.63, 3.8) is 0 Å². The van der Waals surface area contributed by atoms with E-state index in [0.717, 1.165) is 22.5 Å². The highest BCUT2D eigenvalue weighted by Gasteiger charge is 2.12. The van der Waals surface area contributed by atoms with Gasteiger partial charge in [0.15, 0.2) is 0 Å². The summed E-state index contributed by atoms with van der Waals surface area (Å²) >= 11 is 1.71. The molecule has 2 aromatic heterocycles. The van der Waals surface area contributed by atoms with E-state index < -0.39 is 0 Å². The van der Waals surface area contributed by atoms with Crippen molar-refractivity contribution in [3.05, 3.63) is 10.9 Å². The number of hydrogen-bond acceptors (Lipinski definition) is 5. The average Bonchev–Trinajstić information content (AvgIpc) is 2.68. The second-order valence-corrected chi connectivity index (χ2v) is 6.63. The monoisotopic (exact) mass is 278 g/mol. The molecule has 0 aliphatic rings. The molecule has 1 unspecified atom stereocenters. The molecule has 0 spiro atoms. The molecule has 4 nitrogen and oxygen atoms in total. The van der Waals surface area contributed by atoms with Gasteiger partial charge >= 0.3 is 0 Å². The zero-order chi connectivity index (χ0) is 14.0. The number of fused-ring (bicyclic) bond motifs is 1. The van der Waals surface area contributed by atoms with Gasteiger partial charge < -0.3 is 10.6 Å². The first-order valence-electron chi connectivity index (χ1n) is 6.72. The Bertz CT molecular complexity index is 562. The zero-order valence-electron chi connectivity index (χ0n) is 12.2. The Balaban J connectivity index is 2.34. The van der Waals surface area contributed by atoms with Gasteiger partial charge in [-0.05, 0) is 32.3 Å². The van der Waals surface area contributed by atoms with Gasteiger partial charge in [-0.3, -0.25) is 0 Å². The summed E-state index contributed by atoms with van der Waals surface area (Å²) in [5.41, 5.74) is 0. The molecule has 0 aliphatic carbocycles. The van der Waals surface area contributed by atoms with Crippen molar-refractivity contribution in [3.8, 4) is 0 Å². The minimum absolute atomic E-state index is 0.406. The van der Waals surface area contributed by atoms with Crippen molar-refractivity contribution >= 4 is 33.3 Å². The van der Waals surface area contributed by atoms with Gasteiger partial charge in [-0.1, -0.05) is 13.8 Å². The molecule has 19 heavy (non-hydrogen) atoms. The summed E-state index contributed by atoms with van der Waals surface area (Å²) < 4.78 is 0.